The predicted octanol–water partition coefficient (Wildman–Crippen LogP) is 3.00. The smallest absolute Gasteiger partial charge is 0.295 e. The number of pyridine rings is 1. The molecule has 17 heavy (non-hydrogen) atoms. The van der Waals surface area contributed by atoms with E-state index in [1.807, 2.05) is 0 Å². The van der Waals surface area contributed by atoms with Crippen molar-refractivity contribution in [2.24, 2.45) is 0 Å². The average molecular weight is 294 g/mol. The fraction of sp³-hybridized carbons (Fsp3) is 0. The molecule has 0 aliphatic rings. The minimum atomic E-state index is -0.468. The lowest BCUT2D eigenvalue weighted by Crippen LogP contribution is -1.98. The molecular weight excluding hydrogens is 286 g/mol. The number of hydrogen-bond donors (Lipinski definition) is 1. The highest BCUT2D eigenvalue weighted by atomic mass is 79.9. The molecule has 0 atom stereocenters. The number of aromatic nitrogens is 1. The van der Waals surface area contributed by atoms with E-state index in [-0.39, 0.29) is 17.2 Å². The van der Waals surface area contributed by atoms with Crippen molar-refractivity contribution in [3.8, 4) is 11.3 Å². The lowest BCUT2D eigenvalue weighted by molar-refractivity contribution is -0.384. The van der Waals surface area contributed by atoms with Gasteiger partial charge in [0.2, 0.25) is 0 Å². The van der Waals surface area contributed by atoms with Crippen LogP contribution in [0.5, 0.6) is 0 Å². The maximum Gasteiger partial charge on any atom is 0.295 e. The first-order chi connectivity index (χ1) is 8.08. The molecule has 2 N–H and O–H groups in total. The zero-order valence-electron chi connectivity index (χ0n) is 8.63. The zero-order chi connectivity index (χ0) is 12.4. The summed E-state index contributed by atoms with van der Waals surface area (Å²) < 4.78 is 0.896. The fourth-order valence-corrected chi connectivity index (χ4v) is 1.70. The summed E-state index contributed by atoms with van der Waals surface area (Å²) in [5, 5.41) is 10.9. The van der Waals surface area contributed by atoms with Gasteiger partial charge in [-0.1, -0.05) is 28.1 Å². The highest BCUT2D eigenvalue weighted by Crippen LogP contribution is 2.29. The Morgan fingerprint density at radius 2 is 1.82 bits per heavy atom. The first-order valence-electron chi connectivity index (χ1n) is 4.75. The number of nitrogens with two attached hydrogens (primary N) is 1. The van der Waals surface area contributed by atoms with Gasteiger partial charge in [0.1, 0.15) is 5.82 Å². The summed E-state index contributed by atoms with van der Waals surface area (Å²) in [4.78, 5) is 14.4. The summed E-state index contributed by atoms with van der Waals surface area (Å²) in [6.07, 6.45) is 0. The zero-order valence-corrected chi connectivity index (χ0v) is 10.2. The number of nitro groups is 1. The van der Waals surface area contributed by atoms with E-state index in [1.165, 1.54) is 12.1 Å². The van der Waals surface area contributed by atoms with Crippen LogP contribution in [0.4, 0.5) is 11.5 Å². The number of benzene rings is 1. The van der Waals surface area contributed by atoms with Crippen LogP contribution in [-0.4, -0.2) is 9.91 Å². The van der Waals surface area contributed by atoms with E-state index in [1.54, 1.807) is 24.3 Å². The molecule has 0 aliphatic carbocycles. The Morgan fingerprint density at radius 3 is 2.41 bits per heavy atom. The highest BCUT2D eigenvalue weighted by molar-refractivity contribution is 9.10. The Kier molecular flexibility index (Phi) is 3.06. The van der Waals surface area contributed by atoms with Crippen LogP contribution in [-0.2, 0) is 0 Å². The van der Waals surface area contributed by atoms with E-state index in [4.69, 9.17) is 5.73 Å². The van der Waals surface area contributed by atoms with Crippen molar-refractivity contribution in [1.29, 1.82) is 0 Å². The van der Waals surface area contributed by atoms with E-state index >= 15 is 0 Å². The molecule has 2 rings (SSSR count). The molecule has 5 nitrogen and oxygen atoms in total. The van der Waals surface area contributed by atoms with E-state index in [9.17, 15) is 10.1 Å². The summed E-state index contributed by atoms with van der Waals surface area (Å²) in [6.45, 7) is 0. The first kappa shape index (κ1) is 11.5. The van der Waals surface area contributed by atoms with E-state index in [2.05, 4.69) is 20.9 Å². The minimum absolute atomic E-state index is 0.0541. The molecule has 0 bridgehead atoms. The molecule has 6 heteroatoms. The van der Waals surface area contributed by atoms with Crippen LogP contribution < -0.4 is 5.73 Å². The molecule has 0 amide bonds. The molecule has 1 aromatic carbocycles. The van der Waals surface area contributed by atoms with Crippen LogP contribution in [0.15, 0.2) is 40.9 Å². The summed E-state index contributed by atoms with van der Waals surface area (Å²) in [5.74, 6) is 0.258. The Hall–Kier alpha value is -1.95. The van der Waals surface area contributed by atoms with Gasteiger partial charge in [-0.15, -0.1) is 0 Å². The van der Waals surface area contributed by atoms with Gasteiger partial charge in [-0.2, -0.15) is 0 Å². The topological polar surface area (TPSA) is 82.0 Å². The van der Waals surface area contributed by atoms with Gasteiger partial charge < -0.3 is 5.73 Å². The second-order valence-corrected chi connectivity index (χ2v) is 4.28. The lowest BCUT2D eigenvalue weighted by atomic mass is 10.1. The van der Waals surface area contributed by atoms with Gasteiger partial charge in [-0.25, -0.2) is 4.98 Å². The predicted molar refractivity (Wildman–Crippen MR) is 68.4 cm³/mol. The molecule has 86 valence electrons. The molecular formula is C11H8BrN3O2. The Bertz CT molecular complexity index is 569. The van der Waals surface area contributed by atoms with Crippen LogP contribution in [0.1, 0.15) is 0 Å². The third-order valence-corrected chi connectivity index (χ3v) is 2.74. The molecule has 0 aliphatic heterocycles. The van der Waals surface area contributed by atoms with Crippen molar-refractivity contribution in [3.63, 3.8) is 0 Å². The first-order valence-corrected chi connectivity index (χ1v) is 5.54. The van der Waals surface area contributed by atoms with Gasteiger partial charge in [0.25, 0.3) is 5.69 Å². The second-order valence-electron chi connectivity index (χ2n) is 3.37. The number of rotatable bonds is 2. The van der Waals surface area contributed by atoms with E-state index < -0.39 is 4.92 Å². The van der Waals surface area contributed by atoms with Gasteiger partial charge in [0.15, 0.2) is 5.69 Å². The van der Waals surface area contributed by atoms with Crippen LogP contribution in [0, 0.1) is 10.1 Å². The second kappa shape index (κ2) is 4.50. The molecule has 0 saturated carbocycles. The van der Waals surface area contributed by atoms with E-state index in [0.717, 1.165) is 4.47 Å². The molecule has 1 heterocycles. The van der Waals surface area contributed by atoms with Gasteiger partial charge in [-0.3, -0.25) is 10.1 Å². The minimum Gasteiger partial charge on any atom is -0.384 e. The van der Waals surface area contributed by atoms with Crippen molar-refractivity contribution in [3.05, 3.63) is 51.0 Å². The molecule has 0 unspecified atom stereocenters. The quantitative estimate of drug-likeness (QED) is 0.681. The van der Waals surface area contributed by atoms with Crippen LogP contribution in [0.3, 0.4) is 0 Å². The van der Waals surface area contributed by atoms with Crippen LogP contribution in [0.25, 0.3) is 11.3 Å². The summed E-state index contributed by atoms with van der Waals surface area (Å²) in [5.41, 5.74) is 6.44. The SMILES string of the molecule is Nc1ccc([N+](=O)[O-])c(-c2ccc(Br)cc2)n1. The number of halogens is 1. The van der Waals surface area contributed by atoms with Crippen molar-refractivity contribution in [2.75, 3.05) is 5.73 Å². The standard InChI is InChI=1S/C11H8BrN3O2/c12-8-3-1-7(2-4-8)11-9(15(16)17)5-6-10(13)14-11/h1-6H,(H2,13,14). The molecule has 0 spiro atoms. The van der Waals surface area contributed by atoms with Crippen molar-refractivity contribution in [1.82, 2.24) is 4.98 Å². The average Bonchev–Trinajstić information content (AvgIpc) is 2.29. The normalized spacial score (nSPS) is 10.2. The van der Waals surface area contributed by atoms with Crippen LogP contribution >= 0.6 is 15.9 Å². The molecule has 0 radical (unpaired) electrons. The van der Waals surface area contributed by atoms with Crippen LogP contribution in [0.2, 0.25) is 0 Å². The van der Waals surface area contributed by atoms with Crippen molar-refractivity contribution < 1.29 is 4.92 Å². The van der Waals surface area contributed by atoms with E-state index in [0.29, 0.717) is 5.56 Å². The molecule has 0 saturated heterocycles. The Morgan fingerprint density at radius 1 is 1.18 bits per heavy atom. The Balaban J connectivity index is 2.60. The number of nitrogens with zero attached hydrogens (tertiary/aromatic N) is 2. The monoisotopic (exact) mass is 293 g/mol. The summed E-state index contributed by atoms with van der Waals surface area (Å²) in [6, 6.07) is 9.87. The number of anilines is 1. The highest BCUT2D eigenvalue weighted by Gasteiger charge is 2.16. The van der Waals surface area contributed by atoms with Gasteiger partial charge in [0, 0.05) is 16.1 Å². The molecule has 0 fully saturated rings. The summed E-state index contributed by atoms with van der Waals surface area (Å²) in [7, 11) is 0. The van der Waals surface area contributed by atoms with Gasteiger partial charge in [-0.05, 0) is 18.2 Å². The maximum atomic E-state index is 10.9. The van der Waals surface area contributed by atoms with Gasteiger partial charge >= 0.3 is 0 Å². The number of hydrogen-bond acceptors (Lipinski definition) is 4. The molecule has 2 aromatic rings. The fourth-order valence-electron chi connectivity index (χ4n) is 1.43. The maximum absolute atomic E-state index is 10.9. The third kappa shape index (κ3) is 2.42. The van der Waals surface area contributed by atoms with Crippen molar-refractivity contribution >= 4 is 27.4 Å². The summed E-state index contributed by atoms with van der Waals surface area (Å²) >= 11 is 3.30. The third-order valence-electron chi connectivity index (χ3n) is 2.21. The lowest BCUT2D eigenvalue weighted by Gasteiger charge is -2.03. The van der Waals surface area contributed by atoms with Gasteiger partial charge in [0.05, 0.1) is 4.92 Å². The number of nitrogen functional groups attached to an aromatic ring is 1. The Labute approximate surface area is 106 Å². The molecule has 1 aromatic heterocycles. The largest absolute Gasteiger partial charge is 0.384 e. The van der Waals surface area contributed by atoms with Crippen molar-refractivity contribution in [2.45, 2.75) is 0 Å².